The summed E-state index contributed by atoms with van der Waals surface area (Å²) in [5.74, 6) is 0.391. The molecule has 0 spiro atoms. The van der Waals surface area contributed by atoms with Gasteiger partial charge in [0.25, 0.3) is 0 Å². The van der Waals surface area contributed by atoms with Crippen LogP contribution < -0.4 is 5.73 Å². The van der Waals surface area contributed by atoms with Crippen molar-refractivity contribution in [1.82, 2.24) is 9.80 Å². The van der Waals surface area contributed by atoms with Gasteiger partial charge in [-0.1, -0.05) is 29.3 Å². The van der Waals surface area contributed by atoms with E-state index in [1.165, 1.54) is 11.1 Å². The molecule has 0 aliphatic carbocycles. The second kappa shape index (κ2) is 10.9. The van der Waals surface area contributed by atoms with Gasteiger partial charge in [0, 0.05) is 42.8 Å². The first-order valence-electron chi connectivity index (χ1n) is 11.8. The number of carbonyl (C=O) groups excluding carboxylic acids is 1. The summed E-state index contributed by atoms with van der Waals surface area (Å²) in [4.78, 5) is 25.3. The standard InChI is InChI=1S/C27H36N6O2/c1-18-7-19(2)9-21(8-18)11-30-20(3)31-12-23-14-33(15-24(23)29)25-16-32(13-22(25)10-28)17-26(34)35-27(4,5)6/h7-9,12H,11,13-17,29H2,1-6H3. The Hall–Kier alpha value is -3.44. The van der Waals surface area contributed by atoms with Crippen molar-refractivity contribution in [2.75, 3.05) is 32.7 Å². The summed E-state index contributed by atoms with van der Waals surface area (Å²) in [6, 6.07) is 8.71. The molecule has 0 atom stereocenters. The monoisotopic (exact) mass is 476 g/mol. The fourth-order valence-corrected chi connectivity index (χ4v) is 4.30. The van der Waals surface area contributed by atoms with Crippen molar-refractivity contribution in [3.63, 3.8) is 0 Å². The number of carbonyl (C=O) groups is 1. The van der Waals surface area contributed by atoms with Gasteiger partial charge >= 0.3 is 5.97 Å². The minimum absolute atomic E-state index is 0.146. The van der Waals surface area contributed by atoms with Gasteiger partial charge in [-0.25, -0.2) is 4.99 Å². The molecular formula is C27H36N6O2. The Bertz CT molecular complexity index is 1130. The quantitative estimate of drug-likeness (QED) is 0.384. The number of esters is 1. The van der Waals surface area contributed by atoms with E-state index >= 15 is 0 Å². The van der Waals surface area contributed by atoms with Crippen molar-refractivity contribution >= 4 is 18.0 Å². The average molecular weight is 477 g/mol. The number of benzene rings is 1. The highest BCUT2D eigenvalue weighted by atomic mass is 16.6. The number of aliphatic imine (C=N–C) groups is 2. The second-order valence-corrected chi connectivity index (χ2v) is 10.3. The summed E-state index contributed by atoms with van der Waals surface area (Å²) in [6.07, 6.45) is 1.77. The molecule has 2 aliphatic heterocycles. The maximum atomic E-state index is 12.2. The lowest BCUT2D eigenvalue weighted by Gasteiger charge is -2.24. The van der Waals surface area contributed by atoms with Crippen molar-refractivity contribution in [3.05, 3.63) is 57.4 Å². The molecule has 0 saturated heterocycles. The van der Waals surface area contributed by atoms with E-state index in [9.17, 15) is 10.1 Å². The number of nitriles is 1. The SMILES string of the molecule is CC(N=CC1=C(N)CN(C2=C(C#N)CN(CC(=O)OC(C)(C)C)C2)C1)=NCc1cc(C)cc(C)c1. The Morgan fingerprint density at radius 2 is 1.86 bits per heavy atom. The number of ether oxygens (including phenoxy) is 1. The fraction of sp³-hybridized carbons (Fsp3) is 0.481. The first kappa shape index (κ1) is 26.2. The van der Waals surface area contributed by atoms with Gasteiger partial charge < -0.3 is 15.4 Å². The fourth-order valence-electron chi connectivity index (χ4n) is 4.30. The number of nitrogens with zero attached hydrogens (tertiary/aromatic N) is 5. The van der Waals surface area contributed by atoms with Crippen molar-refractivity contribution in [2.45, 2.75) is 53.7 Å². The molecule has 0 aromatic heterocycles. The Morgan fingerprint density at radius 1 is 1.17 bits per heavy atom. The molecule has 0 unspecified atom stereocenters. The highest BCUT2D eigenvalue weighted by molar-refractivity contribution is 5.94. The lowest BCUT2D eigenvalue weighted by molar-refractivity contribution is -0.155. The molecule has 1 aromatic carbocycles. The Kier molecular flexibility index (Phi) is 8.13. The van der Waals surface area contributed by atoms with Gasteiger partial charge in [0.05, 0.1) is 31.3 Å². The lowest BCUT2D eigenvalue weighted by Crippen LogP contribution is -2.35. The molecule has 1 aromatic rings. The third kappa shape index (κ3) is 7.52. The zero-order chi connectivity index (χ0) is 25.8. The zero-order valence-corrected chi connectivity index (χ0v) is 21.7. The second-order valence-electron chi connectivity index (χ2n) is 10.3. The highest BCUT2D eigenvalue weighted by Crippen LogP contribution is 2.26. The topological polar surface area (TPSA) is 107 Å². The van der Waals surface area contributed by atoms with E-state index in [2.05, 4.69) is 53.0 Å². The van der Waals surface area contributed by atoms with Crippen molar-refractivity contribution < 1.29 is 9.53 Å². The van der Waals surface area contributed by atoms with Crippen LogP contribution in [0.2, 0.25) is 0 Å². The van der Waals surface area contributed by atoms with Crippen LogP contribution in [0, 0.1) is 25.2 Å². The summed E-state index contributed by atoms with van der Waals surface area (Å²) < 4.78 is 5.42. The van der Waals surface area contributed by atoms with Gasteiger partial charge in [-0.3, -0.25) is 14.7 Å². The van der Waals surface area contributed by atoms with E-state index in [-0.39, 0.29) is 12.5 Å². The number of rotatable bonds is 6. The van der Waals surface area contributed by atoms with Crippen LogP contribution in [0.25, 0.3) is 0 Å². The molecule has 0 bridgehead atoms. The number of hydrogen-bond acceptors (Lipinski definition) is 7. The van der Waals surface area contributed by atoms with Gasteiger partial charge in [0.1, 0.15) is 11.4 Å². The lowest BCUT2D eigenvalue weighted by atomic mass is 10.1. The van der Waals surface area contributed by atoms with Gasteiger partial charge in [-0.15, -0.1) is 0 Å². The maximum Gasteiger partial charge on any atom is 0.320 e. The smallest absolute Gasteiger partial charge is 0.320 e. The normalized spacial score (nSPS) is 17.6. The van der Waals surface area contributed by atoms with E-state index in [0.717, 1.165) is 22.5 Å². The van der Waals surface area contributed by atoms with Crippen molar-refractivity contribution in [3.8, 4) is 6.07 Å². The van der Waals surface area contributed by atoms with Crippen LogP contribution in [-0.4, -0.2) is 66.1 Å². The molecule has 8 heteroatoms. The minimum Gasteiger partial charge on any atom is -0.459 e. The minimum atomic E-state index is -0.535. The maximum absolute atomic E-state index is 12.2. The van der Waals surface area contributed by atoms with E-state index in [1.54, 1.807) is 6.21 Å². The number of hydrogen-bond donors (Lipinski definition) is 1. The van der Waals surface area contributed by atoms with E-state index in [1.807, 2.05) is 32.6 Å². The molecule has 0 radical (unpaired) electrons. The largest absolute Gasteiger partial charge is 0.459 e. The molecule has 0 saturated carbocycles. The van der Waals surface area contributed by atoms with Gasteiger partial charge in [-0.2, -0.15) is 5.26 Å². The summed E-state index contributed by atoms with van der Waals surface area (Å²) in [6.45, 7) is 14.3. The number of aryl methyl sites for hydroxylation is 2. The first-order chi connectivity index (χ1) is 16.4. The van der Waals surface area contributed by atoms with Crippen LogP contribution in [-0.2, 0) is 16.1 Å². The molecule has 2 heterocycles. The molecule has 0 fully saturated rings. The first-order valence-corrected chi connectivity index (χ1v) is 11.8. The van der Waals surface area contributed by atoms with E-state index in [4.69, 9.17) is 10.5 Å². The molecule has 8 nitrogen and oxygen atoms in total. The number of amidine groups is 1. The van der Waals surface area contributed by atoms with Crippen molar-refractivity contribution in [1.29, 1.82) is 5.26 Å². The molecule has 186 valence electrons. The Balaban J connectivity index is 1.59. The van der Waals surface area contributed by atoms with Crippen LogP contribution in [0.3, 0.4) is 0 Å². The van der Waals surface area contributed by atoms with Crippen LogP contribution in [0.15, 0.2) is 50.7 Å². The zero-order valence-electron chi connectivity index (χ0n) is 21.7. The van der Waals surface area contributed by atoms with Crippen LogP contribution in [0.5, 0.6) is 0 Å². The van der Waals surface area contributed by atoms with Crippen molar-refractivity contribution in [2.24, 2.45) is 15.7 Å². The molecule has 2 N–H and O–H groups in total. The Labute approximate surface area is 208 Å². The van der Waals surface area contributed by atoms with E-state index in [0.29, 0.717) is 44.1 Å². The van der Waals surface area contributed by atoms with E-state index < -0.39 is 5.60 Å². The Morgan fingerprint density at radius 3 is 2.49 bits per heavy atom. The summed E-state index contributed by atoms with van der Waals surface area (Å²) in [5, 5.41) is 9.67. The van der Waals surface area contributed by atoms with Gasteiger partial charge in [0.15, 0.2) is 0 Å². The molecule has 35 heavy (non-hydrogen) atoms. The van der Waals surface area contributed by atoms with Crippen LogP contribution in [0.4, 0.5) is 0 Å². The average Bonchev–Trinajstić information content (AvgIpc) is 3.31. The predicted octanol–water partition coefficient (Wildman–Crippen LogP) is 3.26. The summed E-state index contributed by atoms with van der Waals surface area (Å²) >= 11 is 0. The summed E-state index contributed by atoms with van der Waals surface area (Å²) in [5.41, 5.74) is 12.6. The molecule has 0 amide bonds. The molecule has 3 rings (SSSR count). The van der Waals surface area contributed by atoms with Crippen LogP contribution >= 0.6 is 0 Å². The van der Waals surface area contributed by atoms with Gasteiger partial charge in [0.2, 0.25) is 0 Å². The predicted molar refractivity (Wildman–Crippen MR) is 139 cm³/mol. The molecular weight excluding hydrogens is 440 g/mol. The summed E-state index contributed by atoms with van der Waals surface area (Å²) in [7, 11) is 0. The van der Waals surface area contributed by atoms with Gasteiger partial charge in [-0.05, 0) is 47.1 Å². The van der Waals surface area contributed by atoms with Crippen LogP contribution in [0.1, 0.15) is 44.4 Å². The third-order valence-electron chi connectivity index (χ3n) is 5.71. The highest BCUT2D eigenvalue weighted by Gasteiger charge is 2.31. The number of nitrogens with two attached hydrogens (primary N) is 1. The third-order valence-corrected chi connectivity index (χ3v) is 5.71. The molecule has 2 aliphatic rings.